The summed E-state index contributed by atoms with van der Waals surface area (Å²) in [4.78, 5) is 13.5. The van der Waals surface area contributed by atoms with Crippen molar-refractivity contribution in [3.8, 4) is 0 Å². The fraction of sp³-hybridized carbons (Fsp3) is 0.588. The zero-order valence-corrected chi connectivity index (χ0v) is 15.1. The van der Waals surface area contributed by atoms with Gasteiger partial charge in [-0.3, -0.25) is 0 Å². The molecule has 2 heterocycles. The molecule has 3 rings (SSSR count). The third-order valence-electron chi connectivity index (χ3n) is 4.99. The van der Waals surface area contributed by atoms with Gasteiger partial charge in [-0.1, -0.05) is 39.0 Å². The van der Waals surface area contributed by atoms with Crippen molar-refractivity contribution in [2.75, 3.05) is 6.54 Å². The molecular weight excluding hydrogens is 328 g/mol. The van der Waals surface area contributed by atoms with Gasteiger partial charge >= 0.3 is 6.09 Å². The van der Waals surface area contributed by atoms with E-state index in [1.807, 2.05) is 32.9 Å². The number of rotatable bonds is 1. The van der Waals surface area contributed by atoms with Gasteiger partial charge in [0.25, 0.3) is 0 Å². The quantitative estimate of drug-likeness (QED) is 0.843. The van der Waals surface area contributed by atoms with Gasteiger partial charge < -0.3 is 10.0 Å². The predicted octanol–water partition coefficient (Wildman–Crippen LogP) is 2.75. The predicted molar refractivity (Wildman–Crippen MR) is 90.2 cm³/mol. The number of benzene rings is 1. The number of sulfonamides is 1. The summed E-state index contributed by atoms with van der Waals surface area (Å²) in [6, 6.07) is 6.32. The summed E-state index contributed by atoms with van der Waals surface area (Å²) in [7, 11) is -3.57. The van der Waals surface area contributed by atoms with E-state index in [-0.39, 0.29) is 17.5 Å². The van der Waals surface area contributed by atoms with Crippen LogP contribution in [-0.4, -0.2) is 47.5 Å². The first-order chi connectivity index (χ1) is 11.1. The van der Waals surface area contributed by atoms with E-state index in [0.29, 0.717) is 30.8 Å². The van der Waals surface area contributed by atoms with Crippen LogP contribution < -0.4 is 0 Å². The molecule has 1 aromatic carbocycles. The van der Waals surface area contributed by atoms with Crippen LogP contribution in [0.15, 0.2) is 29.2 Å². The Hall–Kier alpha value is -1.60. The molecule has 2 aliphatic rings. The van der Waals surface area contributed by atoms with E-state index in [0.717, 1.165) is 5.56 Å². The first kappa shape index (κ1) is 17.2. The molecule has 0 bridgehead atoms. The minimum Gasteiger partial charge on any atom is -0.465 e. The van der Waals surface area contributed by atoms with Gasteiger partial charge in [0.05, 0.1) is 10.9 Å². The number of carbonyl (C=O) groups is 1. The molecule has 0 aliphatic carbocycles. The van der Waals surface area contributed by atoms with Gasteiger partial charge in [0.15, 0.2) is 0 Å². The van der Waals surface area contributed by atoms with Crippen LogP contribution in [0, 0.1) is 5.41 Å². The number of hydrogen-bond acceptors (Lipinski definition) is 3. The first-order valence-electron chi connectivity index (χ1n) is 8.23. The van der Waals surface area contributed by atoms with E-state index in [9.17, 15) is 18.3 Å². The molecule has 0 saturated carbocycles. The molecule has 0 spiro atoms. The third kappa shape index (κ3) is 2.69. The average Bonchev–Trinajstić information content (AvgIpc) is 2.77. The highest BCUT2D eigenvalue weighted by Crippen LogP contribution is 2.40. The zero-order valence-electron chi connectivity index (χ0n) is 14.3. The highest BCUT2D eigenvalue weighted by molar-refractivity contribution is 7.89. The van der Waals surface area contributed by atoms with Crippen molar-refractivity contribution in [3.63, 3.8) is 0 Å². The summed E-state index contributed by atoms with van der Waals surface area (Å²) in [6.07, 6.45) is 0.374. The Morgan fingerprint density at radius 1 is 1.25 bits per heavy atom. The number of nitrogens with zero attached hydrogens (tertiary/aromatic N) is 2. The van der Waals surface area contributed by atoms with Crippen LogP contribution >= 0.6 is 0 Å². The number of amides is 1. The molecule has 1 saturated heterocycles. The molecule has 1 aromatic rings. The molecule has 24 heavy (non-hydrogen) atoms. The Kier molecular flexibility index (Phi) is 4.12. The summed E-state index contributed by atoms with van der Waals surface area (Å²) in [5.41, 5.74) is 0.436. The number of fused-ring (bicyclic) bond motifs is 1. The van der Waals surface area contributed by atoms with E-state index in [1.54, 1.807) is 12.1 Å². The molecule has 1 N–H and O–H groups in total. The van der Waals surface area contributed by atoms with Gasteiger partial charge in [-0.2, -0.15) is 4.31 Å². The lowest BCUT2D eigenvalue weighted by Crippen LogP contribution is -2.61. The zero-order chi connectivity index (χ0) is 17.7. The number of hydrogen-bond donors (Lipinski definition) is 1. The molecule has 7 heteroatoms. The second-order valence-electron chi connectivity index (χ2n) is 7.65. The summed E-state index contributed by atoms with van der Waals surface area (Å²) >= 11 is 0. The van der Waals surface area contributed by atoms with Crippen molar-refractivity contribution in [1.29, 1.82) is 0 Å². The second kappa shape index (κ2) is 5.74. The van der Waals surface area contributed by atoms with Crippen LogP contribution in [-0.2, 0) is 16.6 Å². The molecule has 132 valence electrons. The highest BCUT2D eigenvalue weighted by Gasteiger charge is 2.49. The van der Waals surface area contributed by atoms with Gasteiger partial charge in [-0.25, -0.2) is 13.2 Å². The summed E-state index contributed by atoms with van der Waals surface area (Å²) in [5, 5.41) is 9.59. The van der Waals surface area contributed by atoms with E-state index in [1.165, 1.54) is 9.21 Å². The van der Waals surface area contributed by atoms with Crippen molar-refractivity contribution in [2.45, 2.75) is 57.1 Å². The molecule has 0 aromatic heterocycles. The minimum atomic E-state index is -3.57. The Morgan fingerprint density at radius 3 is 2.50 bits per heavy atom. The standard InChI is InChI=1S/C17H24N2O4S/c1-17(2,3)15-13(8-6-10-18(15)16(20)21)19-11-12-7-4-5-9-14(12)24(19,22)23/h4-5,7,9,13,15H,6,8,10-11H2,1-3H3,(H,20,21). The SMILES string of the molecule is CC(C)(C)C1C(N2Cc3ccccc3S2(=O)=O)CCCN1C(=O)O. The monoisotopic (exact) mass is 352 g/mol. The van der Waals surface area contributed by atoms with Crippen molar-refractivity contribution in [1.82, 2.24) is 9.21 Å². The normalized spacial score (nSPS) is 27.0. The number of likely N-dealkylation sites (tertiary alicyclic amines) is 1. The van der Waals surface area contributed by atoms with Crippen molar-refractivity contribution >= 4 is 16.1 Å². The van der Waals surface area contributed by atoms with Gasteiger partial charge in [0, 0.05) is 19.1 Å². The van der Waals surface area contributed by atoms with Gasteiger partial charge in [-0.05, 0) is 29.9 Å². The lowest BCUT2D eigenvalue weighted by atomic mass is 9.77. The Bertz CT molecular complexity index is 754. The lowest BCUT2D eigenvalue weighted by Gasteiger charge is -2.49. The fourth-order valence-corrected chi connectivity index (χ4v) is 5.95. The number of piperidine rings is 1. The second-order valence-corrected chi connectivity index (χ2v) is 9.51. The van der Waals surface area contributed by atoms with Crippen molar-refractivity contribution in [2.24, 2.45) is 5.41 Å². The smallest absolute Gasteiger partial charge is 0.407 e. The van der Waals surface area contributed by atoms with Crippen LogP contribution in [0.5, 0.6) is 0 Å². The molecule has 6 nitrogen and oxygen atoms in total. The molecular formula is C17H24N2O4S. The van der Waals surface area contributed by atoms with E-state index in [4.69, 9.17) is 0 Å². The molecule has 0 radical (unpaired) electrons. The molecule has 2 aliphatic heterocycles. The minimum absolute atomic E-state index is 0.323. The van der Waals surface area contributed by atoms with E-state index >= 15 is 0 Å². The Balaban J connectivity index is 2.03. The van der Waals surface area contributed by atoms with Crippen LogP contribution in [0.4, 0.5) is 4.79 Å². The van der Waals surface area contributed by atoms with Gasteiger partial charge in [0.2, 0.25) is 10.0 Å². The molecule has 2 unspecified atom stereocenters. The summed E-state index contributed by atoms with van der Waals surface area (Å²) < 4.78 is 27.5. The van der Waals surface area contributed by atoms with Crippen LogP contribution in [0.1, 0.15) is 39.2 Å². The Morgan fingerprint density at radius 2 is 1.92 bits per heavy atom. The first-order valence-corrected chi connectivity index (χ1v) is 9.67. The van der Waals surface area contributed by atoms with Crippen LogP contribution in [0.25, 0.3) is 0 Å². The summed E-state index contributed by atoms with van der Waals surface area (Å²) in [6.45, 7) is 6.70. The topological polar surface area (TPSA) is 77.9 Å². The van der Waals surface area contributed by atoms with E-state index in [2.05, 4.69) is 0 Å². The molecule has 2 atom stereocenters. The average molecular weight is 352 g/mol. The van der Waals surface area contributed by atoms with Crippen LogP contribution in [0.2, 0.25) is 0 Å². The fourth-order valence-electron chi connectivity index (χ4n) is 4.10. The van der Waals surface area contributed by atoms with Gasteiger partial charge in [0.1, 0.15) is 0 Å². The maximum atomic E-state index is 13.0. The largest absolute Gasteiger partial charge is 0.465 e. The summed E-state index contributed by atoms with van der Waals surface area (Å²) in [5.74, 6) is 0. The number of carboxylic acid groups (broad SMARTS) is 1. The Labute approximate surface area is 143 Å². The van der Waals surface area contributed by atoms with E-state index < -0.39 is 16.1 Å². The van der Waals surface area contributed by atoms with Crippen molar-refractivity contribution in [3.05, 3.63) is 29.8 Å². The maximum absolute atomic E-state index is 13.0. The lowest BCUT2D eigenvalue weighted by molar-refractivity contribution is 0.0158. The highest BCUT2D eigenvalue weighted by atomic mass is 32.2. The third-order valence-corrected chi connectivity index (χ3v) is 6.96. The molecule has 1 amide bonds. The van der Waals surface area contributed by atoms with Crippen LogP contribution in [0.3, 0.4) is 0 Å². The molecule has 1 fully saturated rings. The maximum Gasteiger partial charge on any atom is 0.407 e. The van der Waals surface area contributed by atoms with Crippen molar-refractivity contribution < 1.29 is 18.3 Å². The van der Waals surface area contributed by atoms with Gasteiger partial charge in [-0.15, -0.1) is 0 Å².